The molecule has 1 N–H and O–H groups in total. The first-order chi connectivity index (χ1) is 10.4. The molecular formula is C16H20O6. The lowest BCUT2D eigenvalue weighted by Gasteiger charge is -2.21. The van der Waals surface area contributed by atoms with E-state index in [4.69, 9.17) is 4.74 Å². The van der Waals surface area contributed by atoms with Crippen molar-refractivity contribution in [3.63, 3.8) is 0 Å². The predicted octanol–water partition coefficient (Wildman–Crippen LogP) is 0.958. The Morgan fingerprint density at radius 3 is 2.45 bits per heavy atom. The van der Waals surface area contributed by atoms with Crippen molar-refractivity contribution in [1.29, 1.82) is 0 Å². The average Bonchev–Trinajstić information content (AvgIpc) is 2.75. The molecule has 22 heavy (non-hydrogen) atoms. The van der Waals surface area contributed by atoms with Crippen LogP contribution in [0, 0.1) is 17.8 Å². The van der Waals surface area contributed by atoms with Crippen LogP contribution in [0.3, 0.4) is 0 Å². The molecule has 1 saturated heterocycles. The summed E-state index contributed by atoms with van der Waals surface area (Å²) in [7, 11) is 0. The molecule has 1 saturated carbocycles. The van der Waals surface area contributed by atoms with Crippen molar-refractivity contribution < 1.29 is 29.0 Å². The molecule has 4 atom stereocenters. The van der Waals surface area contributed by atoms with Crippen LogP contribution in [0.4, 0.5) is 0 Å². The molecule has 0 aromatic carbocycles. The van der Waals surface area contributed by atoms with E-state index in [0.29, 0.717) is 18.4 Å². The first kappa shape index (κ1) is 16.5. The number of ether oxygens (including phenoxy) is 1. The zero-order chi connectivity index (χ0) is 16.4. The van der Waals surface area contributed by atoms with E-state index in [1.54, 1.807) is 13.0 Å². The minimum Gasteiger partial charge on any atom is -0.393 e. The SMILES string of the molecule is C/C=C1/CC2C(=O)OC(=O)C2[C@H](CCC)C(=O)C(=O)C[C@@H]1O. The number of esters is 2. The van der Waals surface area contributed by atoms with Crippen molar-refractivity contribution in [1.82, 2.24) is 0 Å². The Morgan fingerprint density at radius 2 is 1.86 bits per heavy atom. The Bertz CT molecular complexity index is 547. The fourth-order valence-electron chi connectivity index (χ4n) is 3.31. The molecule has 0 bridgehead atoms. The third kappa shape index (κ3) is 2.88. The number of carbonyl (C=O) groups excluding carboxylic acids is 4. The molecule has 2 aliphatic rings. The van der Waals surface area contributed by atoms with Gasteiger partial charge in [-0.05, 0) is 25.3 Å². The van der Waals surface area contributed by atoms with Gasteiger partial charge in [0.25, 0.3) is 0 Å². The van der Waals surface area contributed by atoms with Gasteiger partial charge < -0.3 is 9.84 Å². The Morgan fingerprint density at radius 1 is 1.18 bits per heavy atom. The Kier molecular flexibility index (Phi) is 4.90. The van der Waals surface area contributed by atoms with Gasteiger partial charge in [0.1, 0.15) is 0 Å². The summed E-state index contributed by atoms with van der Waals surface area (Å²) in [6.45, 7) is 3.52. The third-order valence-corrected chi connectivity index (χ3v) is 4.49. The van der Waals surface area contributed by atoms with Crippen molar-refractivity contribution >= 4 is 23.5 Å². The predicted molar refractivity (Wildman–Crippen MR) is 75.5 cm³/mol. The zero-order valence-corrected chi connectivity index (χ0v) is 12.7. The number of Topliss-reactive ketones (excluding diaryl/α,β-unsaturated/α-hetero) is 2. The monoisotopic (exact) mass is 308 g/mol. The van der Waals surface area contributed by atoms with E-state index in [0.717, 1.165) is 0 Å². The minimum absolute atomic E-state index is 0.133. The van der Waals surface area contributed by atoms with Crippen molar-refractivity contribution in [3.8, 4) is 0 Å². The number of allylic oxidation sites excluding steroid dienone is 1. The standard InChI is InChI=1S/C16H20O6/c1-3-5-9-13-10(15(20)22-16(13)21)6-8(4-2)11(17)7-12(18)14(9)19/h4,9-11,13,17H,3,5-7H2,1-2H3/b8-4-/t9-,10?,11-,13?/m0/s1. The number of fused-ring (bicyclic) bond motifs is 1. The lowest BCUT2D eigenvalue weighted by atomic mass is 9.76. The van der Waals surface area contributed by atoms with E-state index in [2.05, 4.69) is 0 Å². The molecule has 1 heterocycles. The maximum atomic E-state index is 12.4. The van der Waals surface area contributed by atoms with Gasteiger partial charge in [0.05, 0.1) is 17.9 Å². The van der Waals surface area contributed by atoms with E-state index in [9.17, 15) is 24.3 Å². The molecule has 1 aliphatic heterocycles. The number of rotatable bonds is 2. The molecule has 2 fully saturated rings. The molecule has 120 valence electrons. The van der Waals surface area contributed by atoms with Crippen LogP contribution < -0.4 is 0 Å². The summed E-state index contributed by atoms with van der Waals surface area (Å²) in [5, 5.41) is 10.1. The van der Waals surface area contributed by atoms with Crippen LogP contribution in [0.1, 0.15) is 39.5 Å². The molecule has 6 heteroatoms. The minimum atomic E-state index is -1.11. The number of ketones is 2. The van der Waals surface area contributed by atoms with Crippen LogP contribution in [0.2, 0.25) is 0 Å². The molecule has 2 unspecified atom stereocenters. The van der Waals surface area contributed by atoms with Gasteiger partial charge in [0.15, 0.2) is 0 Å². The summed E-state index contributed by atoms with van der Waals surface area (Å²) in [6.07, 6.45) is 1.29. The van der Waals surface area contributed by atoms with Crippen LogP contribution >= 0.6 is 0 Å². The summed E-state index contributed by atoms with van der Waals surface area (Å²) in [4.78, 5) is 48.4. The van der Waals surface area contributed by atoms with E-state index in [-0.39, 0.29) is 12.8 Å². The molecule has 0 spiro atoms. The fraction of sp³-hybridized carbons (Fsp3) is 0.625. The van der Waals surface area contributed by atoms with Crippen LogP contribution in [-0.4, -0.2) is 34.7 Å². The highest BCUT2D eigenvalue weighted by Crippen LogP contribution is 2.39. The number of aliphatic hydroxyl groups excluding tert-OH is 1. The second-order valence-corrected chi connectivity index (χ2v) is 5.84. The van der Waals surface area contributed by atoms with Gasteiger partial charge in [-0.15, -0.1) is 0 Å². The Balaban J connectivity index is 2.48. The fourth-order valence-corrected chi connectivity index (χ4v) is 3.31. The number of hydrogen-bond acceptors (Lipinski definition) is 6. The first-order valence-electron chi connectivity index (χ1n) is 7.56. The summed E-state index contributed by atoms with van der Waals surface area (Å²) in [6, 6.07) is 0. The van der Waals surface area contributed by atoms with Crippen LogP contribution in [0.15, 0.2) is 11.6 Å². The van der Waals surface area contributed by atoms with Gasteiger partial charge in [-0.3, -0.25) is 19.2 Å². The molecular weight excluding hydrogens is 288 g/mol. The normalized spacial score (nSPS) is 35.0. The second-order valence-electron chi connectivity index (χ2n) is 5.84. The molecule has 0 aromatic rings. The molecule has 6 nitrogen and oxygen atoms in total. The topological polar surface area (TPSA) is 97.7 Å². The van der Waals surface area contributed by atoms with Crippen molar-refractivity contribution in [2.75, 3.05) is 0 Å². The molecule has 1 aliphatic carbocycles. The van der Waals surface area contributed by atoms with Crippen LogP contribution in [0.25, 0.3) is 0 Å². The highest BCUT2D eigenvalue weighted by atomic mass is 16.6. The van der Waals surface area contributed by atoms with Gasteiger partial charge in [-0.25, -0.2) is 0 Å². The maximum absolute atomic E-state index is 12.4. The molecule has 0 amide bonds. The van der Waals surface area contributed by atoms with Gasteiger partial charge in [0.2, 0.25) is 11.6 Å². The van der Waals surface area contributed by atoms with Gasteiger partial charge in [-0.2, -0.15) is 0 Å². The van der Waals surface area contributed by atoms with E-state index < -0.39 is 47.4 Å². The Hall–Kier alpha value is -1.82. The van der Waals surface area contributed by atoms with E-state index in [1.807, 2.05) is 6.92 Å². The number of hydrogen-bond donors (Lipinski definition) is 1. The van der Waals surface area contributed by atoms with Crippen LogP contribution in [0.5, 0.6) is 0 Å². The van der Waals surface area contributed by atoms with Crippen molar-refractivity contribution in [2.24, 2.45) is 17.8 Å². The first-order valence-corrected chi connectivity index (χ1v) is 7.56. The zero-order valence-electron chi connectivity index (χ0n) is 12.7. The van der Waals surface area contributed by atoms with Gasteiger partial charge in [0, 0.05) is 12.3 Å². The highest BCUT2D eigenvalue weighted by Gasteiger charge is 2.52. The number of cyclic esters (lactones) is 2. The molecule has 0 radical (unpaired) electrons. The van der Waals surface area contributed by atoms with Crippen LogP contribution in [-0.2, 0) is 23.9 Å². The van der Waals surface area contributed by atoms with Crippen molar-refractivity contribution in [2.45, 2.75) is 45.6 Å². The maximum Gasteiger partial charge on any atom is 0.318 e. The summed E-state index contributed by atoms with van der Waals surface area (Å²) in [5.41, 5.74) is 0.486. The largest absolute Gasteiger partial charge is 0.393 e. The third-order valence-electron chi connectivity index (χ3n) is 4.49. The lowest BCUT2D eigenvalue weighted by Crippen LogP contribution is -2.35. The van der Waals surface area contributed by atoms with Gasteiger partial charge in [-0.1, -0.05) is 19.4 Å². The highest BCUT2D eigenvalue weighted by molar-refractivity contribution is 6.38. The smallest absolute Gasteiger partial charge is 0.318 e. The molecule has 2 rings (SSSR count). The summed E-state index contributed by atoms with van der Waals surface area (Å²) >= 11 is 0. The number of aliphatic hydroxyl groups is 1. The Labute approximate surface area is 128 Å². The van der Waals surface area contributed by atoms with E-state index in [1.165, 1.54) is 0 Å². The second kappa shape index (κ2) is 6.52. The molecule has 0 aromatic heterocycles. The number of carbonyl (C=O) groups is 4. The summed E-state index contributed by atoms with van der Waals surface area (Å²) in [5.74, 6) is -5.36. The van der Waals surface area contributed by atoms with E-state index >= 15 is 0 Å². The van der Waals surface area contributed by atoms with Gasteiger partial charge >= 0.3 is 11.9 Å². The lowest BCUT2D eigenvalue weighted by molar-refractivity contribution is -0.155. The van der Waals surface area contributed by atoms with Crippen molar-refractivity contribution in [3.05, 3.63) is 11.6 Å². The quantitative estimate of drug-likeness (QED) is 0.353. The summed E-state index contributed by atoms with van der Waals surface area (Å²) < 4.78 is 4.70. The average molecular weight is 308 g/mol.